The molecule has 0 radical (unpaired) electrons. The van der Waals surface area contributed by atoms with Crippen molar-refractivity contribution in [1.82, 2.24) is 10.6 Å². The molecule has 1 aliphatic carbocycles. The van der Waals surface area contributed by atoms with Crippen LogP contribution >= 0.6 is 24.0 Å². The van der Waals surface area contributed by atoms with Crippen LogP contribution in [-0.4, -0.2) is 19.6 Å². The molecule has 2 N–H and O–H groups in total. The van der Waals surface area contributed by atoms with Crippen molar-refractivity contribution in [3.63, 3.8) is 0 Å². The maximum absolute atomic E-state index is 13.1. The highest BCUT2D eigenvalue weighted by molar-refractivity contribution is 14.0. The van der Waals surface area contributed by atoms with Gasteiger partial charge in [0.05, 0.1) is 0 Å². The molecule has 0 saturated heterocycles. The van der Waals surface area contributed by atoms with Crippen LogP contribution in [0.2, 0.25) is 0 Å². The molecule has 1 aromatic carbocycles. The Hall–Kier alpha value is -0.850. The zero-order chi connectivity index (χ0) is 13.0. The van der Waals surface area contributed by atoms with E-state index in [1.807, 2.05) is 6.07 Å². The van der Waals surface area contributed by atoms with E-state index in [0.717, 1.165) is 24.0 Å². The highest BCUT2D eigenvalue weighted by atomic mass is 127. The Morgan fingerprint density at radius 1 is 1.37 bits per heavy atom. The van der Waals surface area contributed by atoms with Gasteiger partial charge in [-0.25, -0.2) is 4.39 Å². The van der Waals surface area contributed by atoms with E-state index in [0.29, 0.717) is 12.1 Å². The van der Waals surface area contributed by atoms with Gasteiger partial charge < -0.3 is 10.6 Å². The topological polar surface area (TPSA) is 36.4 Å². The number of hydrogen-bond donors (Lipinski definition) is 2. The SMILES string of the molecule is CN=C(NCc1ccc(F)c(C)c1)NCC1CC1.I. The van der Waals surface area contributed by atoms with Crippen molar-refractivity contribution in [2.75, 3.05) is 13.6 Å². The molecule has 1 saturated carbocycles. The van der Waals surface area contributed by atoms with Crippen molar-refractivity contribution in [2.24, 2.45) is 10.9 Å². The molecule has 0 heterocycles. The fraction of sp³-hybridized carbons (Fsp3) is 0.500. The quantitative estimate of drug-likeness (QED) is 0.481. The fourth-order valence-corrected chi connectivity index (χ4v) is 1.79. The van der Waals surface area contributed by atoms with Crippen molar-refractivity contribution in [1.29, 1.82) is 0 Å². The van der Waals surface area contributed by atoms with Gasteiger partial charge in [0, 0.05) is 20.1 Å². The van der Waals surface area contributed by atoms with E-state index in [1.54, 1.807) is 20.0 Å². The molecule has 19 heavy (non-hydrogen) atoms. The molecule has 5 heteroatoms. The van der Waals surface area contributed by atoms with E-state index in [1.165, 1.54) is 18.9 Å². The lowest BCUT2D eigenvalue weighted by atomic mass is 10.1. The monoisotopic (exact) mass is 377 g/mol. The van der Waals surface area contributed by atoms with Crippen molar-refractivity contribution in [3.8, 4) is 0 Å². The minimum atomic E-state index is -0.157. The van der Waals surface area contributed by atoms with Crippen molar-refractivity contribution in [2.45, 2.75) is 26.3 Å². The number of halogens is 2. The number of rotatable bonds is 4. The van der Waals surface area contributed by atoms with Crippen LogP contribution in [0.4, 0.5) is 4.39 Å². The molecule has 0 aliphatic heterocycles. The molecular formula is C14H21FIN3. The largest absolute Gasteiger partial charge is 0.356 e. The van der Waals surface area contributed by atoms with E-state index in [9.17, 15) is 4.39 Å². The third-order valence-electron chi connectivity index (χ3n) is 3.16. The first-order chi connectivity index (χ1) is 8.69. The van der Waals surface area contributed by atoms with Gasteiger partial charge in [0.1, 0.15) is 5.82 Å². The molecule has 106 valence electrons. The number of aliphatic imine (C=N–C) groups is 1. The van der Waals surface area contributed by atoms with Crippen LogP contribution < -0.4 is 10.6 Å². The van der Waals surface area contributed by atoms with Gasteiger partial charge in [-0.2, -0.15) is 0 Å². The summed E-state index contributed by atoms with van der Waals surface area (Å²) in [6.07, 6.45) is 2.64. The lowest BCUT2D eigenvalue weighted by molar-refractivity contribution is 0.617. The van der Waals surface area contributed by atoms with Gasteiger partial charge in [-0.05, 0) is 42.9 Å². The summed E-state index contributed by atoms with van der Waals surface area (Å²) in [5.41, 5.74) is 1.73. The fourth-order valence-electron chi connectivity index (χ4n) is 1.79. The number of nitrogens with one attached hydrogen (secondary N) is 2. The summed E-state index contributed by atoms with van der Waals surface area (Å²) in [6.45, 7) is 3.42. The molecule has 0 unspecified atom stereocenters. The van der Waals surface area contributed by atoms with Crippen LogP contribution in [0.5, 0.6) is 0 Å². The number of aryl methyl sites for hydroxylation is 1. The highest BCUT2D eigenvalue weighted by Crippen LogP contribution is 2.27. The second-order valence-corrected chi connectivity index (χ2v) is 4.83. The summed E-state index contributed by atoms with van der Waals surface area (Å²) in [6, 6.07) is 5.16. The zero-order valence-electron chi connectivity index (χ0n) is 11.4. The smallest absolute Gasteiger partial charge is 0.191 e. The number of benzene rings is 1. The summed E-state index contributed by atoms with van der Waals surface area (Å²) in [7, 11) is 1.76. The molecule has 1 aliphatic rings. The molecule has 0 bridgehead atoms. The van der Waals surface area contributed by atoms with E-state index in [2.05, 4.69) is 15.6 Å². The summed E-state index contributed by atoms with van der Waals surface area (Å²) in [5.74, 6) is 1.47. The van der Waals surface area contributed by atoms with Crippen LogP contribution in [0.3, 0.4) is 0 Å². The Balaban J connectivity index is 0.00000180. The Kier molecular flexibility index (Phi) is 6.54. The maximum atomic E-state index is 13.1. The third kappa shape index (κ3) is 5.34. The van der Waals surface area contributed by atoms with Crippen LogP contribution in [0.15, 0.2) is 23.2 Å². The normalized spacial score (nSPS) is 14.8. The highest BCUT2D eigenvalue weighted by Gasteiger charge is 2.20. The van der Waals surface area contributed by atoms with Crippen molar-refractivity contribution in [3.05, 3.63) is 35.1 Å². The lowest BCUT2D eigenvalue weighted by Gasteiger charge is -2.12. The van der Waals surface area contributed by atoms with Gasteiger partial charge in [-0.1, -0.05) is 12.1 Å². The molecule has 0 atom stereocenters. The van der Waals surface area contributed by atoms with Crippen molar-refractivity contribution >= 4 is 29.9 Å². The van der Waals surface area contributed by atoms with Crippen molar-refractivity contribution < 1.29 is 4.39 Å². The minimum Gasteiger partial charge on any atom is -0.356 e. The van der Waals surface area contributed by atoms with E-state index >= 15 is 0 Å². The first kappa shape index (κ1) is 16.2. The molecule has 3 nitrogen and oxygen atoms in total. The number of nitrogens with zero attached hydrogens (tertiary/aromatic N) is 1. The summed E-state index contributed by atoms with van der Waals surface area (Å²) in [5, 5.41) is 6.52. The minimum absolute atomic E-state index is 0. The molecule has 2 rings (SSSR count). The predicted molar refractivity (Wildman–Crippen MR) is 87.5 cm³/mol. The van der Waals surface area contributed by atoms with Crippen LogP contribution in [0.25, 0.3) is 0 Å². The Labute approximate surface area is 131 Å². The summed E-state index contributed by atoms with van der Waals surface area (Å²) in [4.78, 5) is 4.16. The van der Waals surface area contributed by atoms with Crippen LogP contribution in [-0.2, 0) is 6.54 Å². The van der Waals surface area contributed by atoms with Gasteiger partial charge in [0.25, 0.3) is 0 Å². The average molecular weight is 377 g/mol. The second kappa shape index (κ2) is 7.67. The van der Waals surface area contributed by atoms with Crippen LogP contribution in [0, 0.1) is 18.7 Å². The average Bonchev–Trinajstić information content (AvgIpc) is 3.18. The standard InChI is InChI=1S/C14H20FN3.HI/c1-10-7-12(5-6-13(10)15)9-18-14(16-2)17-8-11-3-4-11;/h5-7,11H,3-4,8-9H2,1-2H3,(H2,16,17,18);1H. The first-order valence-electron chi connectivity index (χ1n) is 6.38. The van der Waals surface area contributed by atoms with Gasteiger partial charge in [0.2, 0.25) is 0 Å². The molecule has 1 aromatic rings. The van der Waals surface area contributed by atoms with Gasteiger partial charge in [0.15, 0.2) is 5.96 Å². The van der Waals surface area contributed by atoms with Crippen LogP contribution in [0.1, 0.15) is 24.0 Å². The maximum Gasteiger partial charge on any atom is 0.191 e. The zero-order valence-corrected chi connectivity index (χ0v) is 13.7. The van der Waals surface area contributed by atoms with Gasteiger partial charge >= 0.3 is 0 Å². The van der Waals surface area contributed by atoms with Gasteiger partial charge in [-0.3, -0.25) is 4.99 Å². The summed E-state index contributed by atoms with van der Waals surface area (Å²) >= 11 is 0. The molecule has 0 spiro atoms. The Morgan fingerprint density at radius 3 is 2.68 bits per heavy atom. The first-order valence-corrected chi connectivity index (χ1v) is 6.38. The van der Waals surface area contributed by atoms with E-state index in [-0.39, 0.29) is 29.8 Å². The van der Waals surface area contributed by atoms with E-state index in [4.69, 9.17) is 0 Å². The Morgan fingerprint density at radius 2 is 2.11 bits per heavy atom. The molecular weight excluding hydrogens is 356 g/mol. The number of hydrogen-bond acceptors (Lipinski definition) is 1. The summed E-state index contributed by atoms with van der Waals surface area (Å²) < 4.78 is 13.1. The predicted octanol–water partition coefficient (Wildman–Crippen LogP) is 2.83. The number of guanidine groups is 1. The molecule has 1 fully saturated rings. The molecule has 0 aromatic heterocycles. The van der Waals surface area contributed by atoms with Gasteiger partial charge in [-0.15, -0.1) is 24.0 Å². The molecule has 0 amide bonds. The second-order valence-electron chi connectivity index (χ2n) is 4.83. The lowest BCUT2D eigenvalue weighted by Crippen LogP contribution is -2.37. The van der Waals surface area contributed by atoms with E-state index < -0.39 is 0 Å². The third-order valence-corrected chi connectivity index (χ3v) is 3.16. The Bertz CT molecular complexity index is 444.